The predicted molar refractivity (Wildman–Crippen MR) is 151 cm³/mol. The molecule has 3 heterocycles. The number of hydrogen-bond donors (Lipinski definition) is 1. The summed E-state index contributed by atoms with van der Waals surface area (Å²) in [6.07, 6.45) is 1.54. The van der Waals surface area contributed by atoms with Gasteiger partial charge in [0.1, 0.15) is 23.0 Å². The number of fused-ring (bicyclic) bond motifs is 3. The first-order valence-corrected chi connectivity index (χ1v) is 13.1. The van der Waals surface area contributed by atoms with E-state index in [1.54, 1.807) is 14.2 Å². The van der Waals surface area contributed by atoms with E-state index in [9.17, 15) is 0 Å². The molecule has 190 valence electrons. The molecule has 2 N–H and O–H groups in total. The van der Waals surface area contributed by atoms with Gasteiger partial charge in [0.15, 0.2) is 16.6 Å². The van der Waals surface area contributed by atoms with E-state index in [1.807, 2.05) is 78.9 Å². The molecule has 6 bridgehead atoms. The lowest BCUT2D eigenvalue weighted by Crippen LogP contribution is -1.98. The Labute approximate surface area is 225 Å². The zero-order valence-electron chi connectivity index (χ0n) is 21.1. The standard InChI is InChI=1S/C31H26N2O4S/c1-34-24-13-15-26-21(17-24)8-6-19-7-14-27(35-2)28(16-19)36-23-11-9-20(10-12-23)29-30(38-31(32)33-29)22-4-3-5-25(18-22)37-26/h3-5,7,9-18H,6,8H2,1-2H3,(H2,32,33). The summed E-state index contributed by atoms with van der Waals surface area (Å²) in [6, 6.07) is 27.8. The van der Waals surface area contributed by atoms with Crippen LogP contribution in [0, 0.1) is 0 Å². The Morgan fingerprint density at radius 2 is 1.61 bits per heavy atom. The maximum atomic E-state index is 6.43. The number of rotatable bonds is 2. The summed E-state index contributed by atoms with van der Waals surface area (Å²) in [5, 5.41) is 0.506. The topological polar surface area (TPSA) is 75.8 Å². The van der Waals surface area contributed by atoms with Crippen molar-refractivity contribution >= 4 is 16.5 Å². The van der Waals surface area contributed by atoms with Gasteiger partial charge in [-0.25, -0.2) is 4.98 Å². The number of nitrogens with zero attached hydrogens (tertiary/aromatic N) is 1. The van der Waals surface area contributed by atoms with Gasteiger partial charge in [0.25, 0.3) is 0 Å². The number of nitrogens with two attached hydrogens (primary N) is 1. The third-order valence-electron chi connectivity index (χ3n) is 6.50. The van der Waals surface area contributed by atoms with Crippen LogP contribution in [0.4, 0.5) is 5.13 Å². The number of benzene rings is 4. The van der Waals surface area contributed by atoms with Crippen LogP contribution in [0.25, 0.3) is 21.7 Å². The van der Waals surface area contributed by atoms with Crippen molar-refractivity contribution in [1.82, 2.24) is 4.98 Å². The van der Waals surface area contributed by atoms with Crippen LogP contribution in [0.1, 0.15) is 11.1 Å². The average Bonchev–Trinajstić information content (AvgIpc) is 3.34. The van der Waals surface area contributed by atoms with Gasteiger partial charge in [0, 0.05) is 5.56 Å². The lowest BCUT2D eigenvalue weighted by molar-refractivity contribution is 0.378. The highest BCUT2D eigenvalue weighted by Crippen LogP contribution is 2.41. The van der Waals surface area contributed by atoms with Crippen LogP contribution in [-0.4, -0.2) is 19.2 Å². The van der Waals surface area contributed by atoms with Gasteiger partial charge in [-0.1, -0.05) is 29.5 Å². The Hall–Kier alpha value is -4.49. The van der Waals surface area contributed by atoms with Crippen molar-refractivity contribution in [3.05, 3.63) is 96.1 Å². The minimum absolute atomic E-state index is 0.506. The van der Waals surface area contributed by atoms with Crippen LogP contribution < -0.4 is 24.7 Å². The van der Waals surface area contributed by atoms with Crippen LogP contribution in [0.2, 0.25) is 0 Å². The van der Waals surface area contributed by atoms with Crippen molar-refractivity contribution in [2.24, 2.45) is 0 Å². The largest absolute Gasteiger partial charge is 0.497 e. The second-order valence-corrected chi connectivity index (χ2v) is 9.98. The van der Waals surface area contributed by atoms with Crippen LogP contribution in [0.15, 0.2) is 84.9 Å². The number of anilines is 1. The number of nitrogen functional groups attached to an aromatic ring is 1. The maximum absolute atomic E-state index is 6.43. The van der Waals surface area contributed by atoms with Crippen molar-refractivity contribution in [2.45, 2.75) is 12.8 Å². The average molecular weight is 523 g/mol. The molecule has 4 aromatic carbocycles. The van der Waals surface area contributed by atoms with Gasteiger partial charge in [-0.2, -0.15) is 0 Å². The molecule has 2 aliphatic heterocycles. The molecule has 7 rings (SSSR count). The molecule has 0 amide bonds. The Morgan fingerprint density at radius 1 is 0.763 bits per heavy atom. The van der Waals surface area contributed by atoms with Crippen molar-refractivity contribution < 1.29 is 18.9 Å². The highest BCUT2D eigenvalue weighted by atomic mass is 32.1. The monoisotopic (exact) mass is 522 g/mol. The van der Waals surface area contributed by atoms with Crippen LogP contribution in [0.3, 0.4) is 0 Å². The third kappa shape index (κ3) is 4.76. The Kier molecular flexibility index (Phi) is 6.35. The molecule has 0 unspecified atom stereocenters. The minimum atomic E-state index is 0.506. The number of thiazole rings is 1. The van der Waals surface area contributed by atoms with Crippen molar-refractivity contribution in [2.75, 3.05) is 20.0 Å². The zero-order chi connectivity index (χ0) is 26.1. The number of ether oxygens (including phenoxy) is 4. The van der Waals surface area contributed by atoms with Gasteiger partial charge in [-0.3, -0.25) is 0 Å². The minimum Gasteiger partial charge on any atom is -0.497 e. The summed E-state index contributed by atoms with van der Waals surface area (Å²) >= 11 is 1.46. The van der Waals surface area contributed by atoms with Crippen molar-refractivity contribution in [3.63, 3.8) is 0 Å². The van der Waals surface area contributed by atoms with Crippen LogP contribution in [0.5, 0.6) is 34.5 Å². The van der Waals surface area contributed by atoms with E-state index in [2.05, 4.69) is 11.1 Å². The molecule has 0 spiro atoms. The van der Waals surface area contributed by atoms with E-state index in [4.69, 9.17) is 24.7 Å². The number of aryl methyl sites for hydroxylation is 2. The molecule has 0 fully saturated rings. The molecule has 0 saturated heterocycles. The molecule has 0 aliphatic carbocycles. The molecule has 2 aliphatic rings. The van der Waals surface area contributed by atoms with Crippen LogP contribution in [-0.2, 0) is 12.8 Å². The lowest BCUT2D eigenvalue weighted by Gasteiger charge is -2.15. The molecule has 38 heavy (non-hydrogen) atoms. The first kappa shape index (κ1) is 23.9. The smallest absolute Gasteiger partial charge is 0.181 e. The molecule has 6 nitrogen and oxygen atoms in total. The Morgan fingerprint density at radius 3 is 2.42 bits per heavy atom. The Bertz CT molecular complexity index is 1610. The summed E-state index contributed by atoms with van der Waals surface area (Å²) in [5.74, 6) is 4.35. The number of aromatic nitrogens is 1. The van der Waals surface area contributed by atoms with Gasteiger partial charge in [0.05, 0.1) is 24.8 Å². The highest BCUT2D eigenvalue weighted by molar-refractivity contribution is 7.19. The molecular weight excluding hydrogens is 496 g/mol. The Balaban J connectivity index is 1.50. The van der Waals surface area contributed by atoms with Gasteiger partial charge < -0.3 is 24.7 Å². The quantitative estimate of drug-likeness (QED) is 0.255. The summed E-state index contributed by atoms with van der Waals surface area (Å²) < 4.78 is 23.8. The van der Waals surface area contributed by atoms with Gasteiger partial charge in [-0.05, 0) is 96.3 Å². The fourth-order valence-electron chi connectivity index (χ4n) is 4.58. The molecule has 5 aromatic rings. The summed E-state index contributed by atoms with van der Waals surface area (Å²) in [6.45, 7) is 0. The van der Waals surface area contributed by atoms with Crippen LogP contribution >= 0.6 is 11.3 Å². The molecule has 1 aromatic heterocycles. The van der Waals surface area contributed by atoms with Crippen molar-refractivity contribution in [1.29, 1.82) is 0 Å². The molecule has 7 heteroatoms. The first-order valence-electron chi connectivity index (χ1n) is 12.3. The molecular formula is C31H26N2O4S. The second-order valence-electron chi connectivity index (χ2n) is 8.95. The summed E-state index contributed by atoms with van der Waals surface area (Å²) in [4.78, 5) is 5.63. The van der Waals surface area contributed by atoms with Crippen molar-refractivity contribution in [3.8, 4) is 56.2 Å². The SMILES string of the molecule is COc1ccc2c(c1)CCc1ccc(OC)c(c1)Oc1ccc(cc1)-c1nc(N)sc1-c1cccc(c1)O2. The molecule has 0 atom stereocenters. The van der Waals surface area contributed by atoms with E-state index in [0.29, 0.717) is 22.4 Å². The van der Waals surface area contributed by atoms with E-state index in [0.717, 1.165) is 62.9 Å². The predicted octanol–water partition coefficient (Wildman–Crippen LogP) is 7.76. The van der Waals surface area contributed by atoms with Gasteiger partial charge in [-0.15, -0.1) is 0 Å². The maximum Gasteiger partial charge on any atom is 0.181 e. The summed E-state index contributed by atoms with van der Waals surface area (Å²) in [5.41, 5.74) is 11.1. The van der Waals surface area contributed by atoms with E-state index in [-0.39, 0.29) is 0 Å². The third-order valence-corrected chi connectivity index (χ3v) is 7.44. The van der Waals surface area contributed by atoms with E-state index < -0.39 is 0 Å². The zero-order valence-corrected chi connectivity index (χ0v) is 21.9. The lowest BCUT2D eigenvalue weighted by atomic mass is 10.0. The normalized spacial score (nSPS) is 12.3. The number of methoxy groups -OCH3 is 2. The first-order chi connectivity index (χ1) is 18.6. The highest BCUT2D eigenvalue weighted by Gasteiger charge is 2.17. The fraction of sp³-hybridized carbons (Fsp3) is 0.129. The summed E-state index contributed by atoms with van der Waals surface area (Å²) in [7, 11) is 3.32. The molecule has 0 saturated carbocycles. The number of hydrogen-bond acceptors (Lipinski definition) is 7. The van der Waals surface area contributed by atoms with Gasteiger partial charge in [0.2, 0.25) is 0 Å². The van der Waals surface area contributed by atoms with E-state index >= 15 is 0 Å². The van der Waals surface area contributed by atoms with E-state index in [1.165, 1.54) is 11.3 Å². The van der Waals surface area contributed by atoms with Gasteiger partial charge >= 0.3 is 0 Å². The molecule has 0 radical (unpaired) electrons. The fourth-order valence-corrected chi connectivity index (χ4v) is 5.43. The second kappa shape index (κ2) is 10.1.